The number of hydrogen-bond donors (Lipinski definition) is 1. The van der Waals surface area contributed by atoms with E-state index >= 15 is 0 Å². The van der Waals surface area contributed by atoms with Crippen LogP contribution in [0.5, 0.6) is 0 Å². The lowest BCUT2D eigenvalue weighted by Crippen LogP contribution is -2.29. The van der Waals surface area contributed by atoms with Gasteiger partial charge in [-0.2, -0.15) is 0 Å². The van der Waals surface area contributed by atoms with Crippen LogP contribution in [0.3, 0.4) is 0 Å². The van der Waals surface area contributed by atoms with Crippen molar-refractivity contribution in [2.45, 2.75) is 19.5 Å². The van der Waals surface area contributed by atoms with Crippen LogP contribution in [0.1, 0.15) is 39.5 Å². The minimum absolute atomic E-state index is 0.0633. The average Bonchev–Trinajstić information content (AvgIpc) is 3.13. The molecule has 31 heavy (non-hydrogen) atoms. The summed E-state index contributed by atoms with van der Waals surface area (Å²) in [7, 11) is 0. The molecule has 0 spiro atoms. The number of nitrogens with zero attached hydrogens (tertiary/aromatic N) is 2. The summed E-state index contributed by atoms with van der Waals surface area (Å²) >= 11 is 9.33. The zero-order valence-electron chi connectivity index (χ0n) is 16.7. The van der Waals surface area contributed by atoms with Gasteiger partial charge in [0, 0.05) is 20.6 Å². The number of ketones is 1. The number of benzene rings is 3. The molecular formula is C24H19BrClN3O2. The third-order valence-electron chi connectivity index (χ3n) is 4.97. The Morgan fingerprint density at radius 3 is 2.52 bits per heavy atom. The highest BCUT2D eigenvalue weighted by molar-refractivity contribution is 9.10. The molecule has 1 N–H and O–H groups in total. The van der Waals surface area contributed by atoms with Crippen LogP contribution in [-0.4, -0.2) is 21.2 Å². The van der Waals surface area contributed by atoms with Crippen LogP contribution in [0.25, 0.3) is 11.0 Å². The summed E-state index contributed by atoms with van der Waals surface area (Å²) in [6, 6.07) is 21.2. The standard InChI is InChI=1S/C24H19BrClN3O2/c1-15(27-24(31)17-5-4-6-18(25)13-17)23-28-20-7-2-3-8-21(20)29(23)14-22(30)16-9-11-19(26)12-10-16/h2-13,15H,14H2,1H3,(H,27,31). The summed E-state index contributed by atoms with van der Waals surface area (Å²) in [6.07, 6.45) is 0. The third kappa shape index (κ3) is 4.70. The number of carbonyl (C=O) groups excluding carboxylic acids is 2. The Morgan fingerprint density at radius 2 is 1.77 bits per heavy atom. The monoisotopic (exact) mass is 495 g/mol. The molecule has 156 valence electrons. The van der Waals surface area contributed by atoms with Gasteiger partial charge in [-0.1, -0.05) is 45.7 Å². The van der Waals surface area contributed by atoms with Gasteiger partial charge in [0.2, 0.25) is 0 Å². The molecule has 5 nitrogen and oxygen atoms in total. The van der Waals surface area contributed by atoms with Crippen LogP contribution in [0, 0.1) is 0 Å². The van der Waals surface area contributed by atoms with E-state index in [9.17, 15) is 9.59 Å². The minimum Gasteiger partial charge on any atom is -0.342 e. The molecule has 4 aromatic rings. The first-order chi connectivity index (χ1) is 14.9. The van der Waals surface area contributed by atoms with E-state index in [1.165, 1.54) is 0 Å². The maximum Gasteiger partial charge on any atom is 0.251 e. The fraction of sp³-hybridized carbons (Fsp3) is 0.125. The van der Waals surface area contributed by atoms with Crippen LogP contribution in [0.4, 0.5) is 0 Å². The number of aromatic nitrogens is 2. The molecule has 0 saturated carbocycles. The Bertz CT molecular complexity index is 1270. The lowest BCUT2D eigenvalue weighted by molar-refractivity contribution is 0.0937. The molecule has 1 aromatic heterocycles. The van der Waals surface area contributed by atoms with Crippen LogP contribution in [0.2, 0.25) is 5.02 Å². The number of carbonyl (C=O) groups is 2. The Balaban J connectivity index is 1.65. The SMILES string of the molecule is CC(NC(=O)c1cccc(Br)c1)c1nc2ccccc2n1CC(=O)c1ccc(Cl)cc1. The first kappa shape index (κ1) is 21.3. The molecule has 0 saturated heterocycles. The second kappa shape index (κ2) is 9.04. The van der Waals surface area contributed by atoms with Crippen molar-refractivity contribution < 1.29 is 9.59 Å². The molecule has 1 heterocycles. The maximum atomic E-state index is 12.9. The topological polar surface area (TPSA) is 64.0 Å². The van der Waals surface area contributed by atoms with Crippen molar-refractivity contribution in [3.63, 3.8) is 0 Å². The van der Waals surface area contributed by atoms with Gasteiger partial charge in [0.05, 0.1) is 23.6 Å². The molecule has 1 atom stereocenters. The summed E-state index contributed by atoms with van der Waals surface area (Å²) in [5.74, 6) is 0.342. The van der Waals surface area contributed by atoms with E-state index in [1.807, 2.05) is 47.9 Å². The number of para-hydroxylation sites is 2. The molecule has 7 heteroatoms. The van der Waals surface area contributed by atoms with E-state index in [0.717, 1.165) is 15.5 Å². The molecular weight excluding hydrogens is 478 g/mol. The highest BCUT2D eigenvalue weighted by Gasteiger charge is 2.21. The fourth-order valence-electron chi connectivity index (χ4n) is 3.44. The van der Waals surface area contributed by atoms with Gasteiger partial charge in [0.15, 0.2) is 5.78 Å². The van der Waals surface area contributed by atoms with Gasteiger partial charge in [-0.05, 0) is 61.5 Å². The van der Waals surface area contributed by atoms with E-state index < -0.39 is 6.04 Å². The number of nitrogens with one attached hydrogen (secondary N) is 1. The zero-order chi connectivity index (χ0) is 22.0. The quantitative estimate of drug-likeness (QED) is 0.342. The molecule has 0 radical (unpaired) electrons. The zero-order valence-corrected chi connectivity index (χ0v) is 19.0. The summed E-state index contributed by atoms with van der Waals surface area (Å²) in [6.45, 7) is 1.97. The molecule has 1 unspecified atom stereocenters. The number of hydrogen-bond acceptors (Lipinski definition) is 3. The van der Waals surface area contributed by atoms with Crippen molar-refractivity contribution in [3.05, 3.63) is 99.2 Å². The minimum atomic E-state index is -0.406. The summed E-state index contributed by atoms with van der Waals surface area (Å²) in [4.78, 5) is 30.4. The number of fused-ring (bicyclic) bond motifs is 1. The number of imidazole rings is 1. The predicted molar refractivity (Wildman–Crippen MR) is 126 cm³/mol. The van der Waals surface area contributed by atoms with Crippen LogP contribution >= 0.6 is 27.5 Å². The maximum absolute atomic E-state index is 12.9. The van der Waals surface area contributed by atoms with Crippen molar-refractivity contribution in [1.82, 2.24) is 14.9 Å². The van der Waals surface area contributed by atoms with Crippen molar-refractivity contribution in [1.29, 1.82) is 0 Å². The van der Waals surface area contributed by atoms with E-state index in [4.69, 9.17) is 16.6 Å². The normalized spacial score (nSPS) is 12.0. The Labute approximate surface area is 193 Å². The van der Waals surface area contributed by atoms with Crippen molar-refractivity contribution >= 4 is 50.3 Å². The van der Waals surface area contributed by atoms with E-state index in [-0.39, 0.29) is 18.2 Å². The largest absolute Gasteiger partial charge is 0.342 e. The Hall–Kier alpha value is -2.96. The van der Waals surface area contributed by atoms with Crippen molar-refractivity contribution in [2.75, 3.05) is 0 Å². The molecule has 0 aliphatic carbocycles. The lowest BCUT2D eigenvalue weighted by atomic mass is 10.1. The second-order valence-electron chi connectivity index (χ2n) is 7.18. The van der Waals surface area contributed by atoms with Gasteiger partial charge < -0.3 is 9.88 Å². The molecule has 0 aliphatic rings. The highest BCUT2D eigenvalue weighted by Crippen LogP contribution is 2.22. The van der Waals surface area contributed by atoms with Crippen LogP contribution in [-0.2, 0) is 6.54 Å². The smallest absolute Gasteiger partial charge is 0.251 e. The Morgan fingerprint density at radius 1 is 1.03 bits per heavy atom. The van der Waals surface area contributed by atoms with Gasteiger partial charge >= 0.3 is 0 Å². The number of Topliss-reactive ketones (excluding diaryl/α,β-unsaturated/α-hetero) is 1. The molecule has 1 amide bonds. The summed E-state index contributed by atoms with van der Waals surface area (Å²) in [5.41, 5.74) is 2.72. The summed E-state index contributed by atoms with van der Waals surface area (Å²) in [5, 5.41) is 3.57. The number of halogens is 2. The van der Waals surface area contributed by atoms with Gasteiger partial charge in [-0.15, -0.1) is 0 Å². The predicted octanol–water partition coefficient (Wildman–Crippen LogP) is 5.83. The van der Waals surface area contributed by atoms with E-state index in [1.54, 1.807) is 36.4 Å². The average molecular weight is 497 g/mol. The van der Waals surface area contributed by atoms with Gasteiger partial charge in [-0.25, -0.2) is 4.98 Å². The lowest BCUT2D eigenvalue weighted by Gasteiger charge is -2.16. The molecule has 0 fully saturated rings. The second-order valence-corrected chi connectivity index (χ2v) is 8.53. The van der Waals surface area contributed by atoms with Gasteiger partial charge in [0.1, 0.15) is 5.82 Å². The first-order valence-electron chi connectivity index (χ1n) is 9.73. The fourth-order valence-corrected chi connectivity index (χ4v) is 3.96. The molecule has 0 bridgehead atoms. The van der Waals surface area contributed by atoms with Crippen molar-refractivity contribution in [2.24, 2.45) is 0 Å². The molecule has 3 aromatic carbocycles. The summed E-state index contributed by atoms with van der Waals surface area (Å²) < 4.78 is 2.69. The first-order valence-corrected chi connectivity index (χ1v) is 10.9. The van der Waals surface area contributed by atoms with E-state index in [2.05, 4.69) is 21.2 Å². The third-order valence-corrected chi connectivity index (χ3v) is 5.72. The highest BCUT2D eigenvalue weighted by atomic mass is 79.9. The van der Waals surface area contributed by atoms with Crippen LogP contribution in [0.15, 0.2) is 77.3 Å². The molecule has 4 rings (SSSR count). The number of amides is 1. The van der Waals surface area contributed by atoms with Crippen molar-refractivity contribution in [3.8, 4) is 0 Å². The van der Waals surface area contributed by atoms with Crippen LogP contribution < -0.4 is 5.32 Å². The number of rotatable bonds is 6. The molecule has 0 aliphatic heterocycles. The van der Waals surface area contributed by atoms with Gasteiger partial charge in [-0.3, -0.25) is 9.59 Å². The van der Waals surface area contributed by atoms with E-state index in [0.29, 0.717) is 22.0 Å². The van der Waals surface area contributed by atoms with Gasteiger partial charge in [0.25, 0.3) is 5.91 Å². The Kier molecular flexibility index (Phi) is 6.20.